The average Bonchev–Trinajstić information content (AvgIpc) is 3.14. The van der Waals surface area contributed by atoms with Crippen LogP contribution >= 0.6 is 0 Å². The van der Waals surface area contributed by atoms with Crippen LogP contribution in [0.25, 0.3) is 44.8 Å². The second kappa shape index (κ2) is 11.4. The van der Waals surface area contributed by atoms with E-state index in [-0.39, 0.29) is 11.6 Å². The smallest absolute Gasteiger partial charge is 0.149 e. The molecule has 0 saturated carbocycles. The van der Waals surface area contributed by atoms with Crippen molar-refractivity contribution < 1.29 is 18.3 Å². The van der Waals surface area contributed by atoms with Gasteiger partial charge < -0.3 is 9.47 Å². The van der Waals surface area contributed by atoms with E-state index in [1.165, 1.54) is 24.3 Å². The second-order valence-electron chi connectivity index (χ2n) is 12.3. The molecule has 2 aliphatic rings. The van der Waals surface area contributed by atoms with Gasteiger partial charge in [0.25, 0.3) is 0 Å². The van der Waals surface area contributed by atoms with Crippen molar-refractivity contribution in [2.75, 3.05) is 0 Å². The molecule has 0 N–H and O–H groups in total. The molecule has 48 heavy (non-hydrogen) atoms. The average molecular weight is 627 g/mol. The van der Waals surface area contributed by atoms with Gasteiger partial charge in [0.1, 0.15) is 35.3 Å². The van der Waals surface area contributed by atoms with Crippen LogP contribution < -0.4 is 9.47 Å². The van der Waals surface area contributed by atoms with Crippen LogP contribution in [0, 0.1) is 11.6 Å². The monoisotopic (exact) mass is 626 g/mol. The van der Waals surface area contributed by atoms with E-state index in [0.29, 0.717) is 0 Å². The zero-order chi connectivity index (χ0) is 32.2. The van der Waals surface area contributed by atoms with Crippen LogP contribution in [0.1, 0.15) is 45.6 Å². The molecule has 0 fully saturated rings. The summed E-state index contributed by atoms with van der Waals surface area (Å²) >= 11 is 0. The fourth-order valence-corrected chi connectivity index (χ4v) is 7.02. The SMILES string of the molecule is Fc1ccc(C2Oc3ccc4ccccc4c3C=C2c2cccc(C3=Cc4c(ccc5ccccc45)OC3c3ccc(F)cc3)c2)cc1. The molecule has 0 saturated heterocycles. The largest absolute Gasteiger partial charge is 0.480 e. The first-order valence-corrected chi connectivity index (χ1v) is 16.0. The van der Waals surface area contributed by atoms with E-state index in [0.717, 1.165) is 77.6 Å². The number of hydrogen-bond donors (Lipinski definition) is 0. The normalized spacial score (nSPS) is 16.7. The van der Waals surface area contributed by atoms with Crippen molar-refractivity contribution in [2.45, 2.75) is 12.2 Å². The highest BCUT2D eigenvalue weighted by atomic mass is 19.1. The minimum Gasteiger partial charge on any atom is -0.480 e. The third kappa shape index (κ3) is 4.85. The van der Waals surface area contributed by atoms with Crippen molar-refractivity contribution in [3.05, 3.63) is 191 Å². The van der Waals surface area contributed by atoms with Crippen LogP contribution in [0.5, 0.6) is 11.5 Å². The Balaban J connectivity index is 1.23. The molecule has 230 valence electrons. The fraction of sp³-hybridized carbons (Fsp3) is 0.0455. The van der Waals surface area contributed by atoms with Crippen LogP contribution in [-0.2, 0) is 0 Å². The van der Waals surface area contributed by atoms with Gasteiger partial charge in [0.2, 0.25) is 0 Å². The summed E-state index contributed by atoms with van der Waals surface area (Å²) in [5, 5.41) is 4.46. The number of fused-ring (bicyclic) bond motifs is 6. The second-order valence-corrected chi connectivity index (χ2v) is 12.3. The number of hydrogen-bond acceptors (Lipinski definition) is 2. The van der Waals surface area contributed by atoms with E-state index >= 15 is 0 Å². The van der Waals surface area contributed by atoms with Crippen LogP contribution in [-0.4, -0.2) is 0 Å². The van der Waals surface area contributed by atoms with Crippen LogP contribution in [0.15, 0.2) is 146 Å². The lowest BCUT2D eigenvalue weighted by Crippen LogP contribution is -2.16. The third-order valence-electron chi connectivity index (χ3n) is 9.39. The van der Waals surface area contributed by atoms with Gasteiger partial charge in [0, 0.05) is 22.3 Å². The van der Waals surface area contributed by atoms with Crippen molar-refractivity contribution in [3.63, 3.8) is 0 Å². The Hall–Kier alpha value is -6.00. The highest BCUT2D eigenvalue weighted by Crippen LogP contribution is 2.47. The van der Waals surface area contributed by atoms with Gasteiger partial charge in [0.15, 0.2) is 0 Å². The predicted octanol–water partition coefficient (Wildman–Crippen LogP) is 11.6. The van der Waals surface area contributed by atoms with Gasteiger partial charge >= 0.3 is 0 Å². The molecule has 2 heterocycles. The van der Waals surface area contributed by atoms with E-state index in [1.54, 1.807) is 24.3 Å². The van der Waals surface area contributed by atoms with Crippen molar-refractivity contribution in [3.8, 4) is 11.5 Å². The topological polar surface area (TPSA) is 18.5 Å². The molecule has 9 rings (SSSR count). The summed E-state index contributed by atoms with van der Waals surface area (Å²) in [5.74, 6) is 0.979. The molecule has 4 heteroatoms. The Kier molecular flexibility index (Phi) is 6.68. The number of rotatable bonds is 4. The maximum absolute atomic E-state index is 14.1. The Bertz CT molecular complexity index is 2260. The molecule has 7 aromatic rings. The van der Waals surface area contributed by atoms with Crippen LogP contribution in [0.3, 0.4) is 0 Å². The molecule has 0 spiro atoms. The van der Waals surface area contributed by atoms with Gasteiger partial charge in [-0.15, -0.1) is 0 Å². The lowest BCUT2D eigenvalue weighted by Gasteiger charge is -2.30. The fourth-order valence-electron chi connectivity index (χ4n) is 7.02. The Labute approximate surface area is 276 Å². The molecule has 0 aliphatic carbocycles. The van der Waals surface area contributed by atoms with Crippen LogP contribution in [0.2, 0.25) is 0 Å². The van der Waals surface area contributed by atoms with Crippen molar-refractivity contribution in [1.29, 1.82) is 0 Å². The Morgan fingerprint density at radius 3 is 1.31 bits per heavy atom. The minimum atomic E-state index is -0.455. The maximum atomic E-state index is 14.1. The Morgan fingerprint density at radius 2 is 0.854 bits per heavy atom. The zero-order valence-electron chi connectivity index (χ0n) is 25.7. The highest BCUT2D eigenvalue weighted by Gasteiger charge is 2.30. The quantitative estimate of drug-likeness (QED) is 0.194. The molecule has 7 aromatic carbocycles. The molecule has 2 aliphatic heterocycles. The standard InChI is InChI=1S/C44H28F2O2/c45-33-18-12-29(13-19-33)43-37(25-39-35-10-3-1-6-27(35)16-22-41(39)47-43)31-8-5-9-32(24-31)38-26-40-36-11-4-2-7-28(36)17-23-42(40)48-44(38)30-14-20-34(46)21-15-30/h1-26,43-44H. The Morgan fingerprint density at radius 1 is 0.417 bits per heavy atom. The van der Waals surface area contributed by atoms with Crippen molar-refractivity contribution in [1.82, 2.24) is 0 Å². The van der Waals surface area contributed by atoms with Gasteiger partial charge in [-0.3, -0.25) is 0 Å². The molecule has 0 radical (unpaired) electrons. The summed E-state index contributed by atoms with van der Waals surface area (Å²) in [7, 11) is 0. The van der Waals surface area contributed by atoms with Gasteiger partial charge in [0.05, 0.1) is 0 Å². The molecular formula is C44H28F2O2. The molecule has 2 atom stereocenters. The van der Waals surface area contributed by atoms with Gasteiger partial charge in [-0.05, 0) is 98.4 Å². The molecular weight excluding hydrogens is 598 g/mol. The first-order chi connectivity index (χ1) is 23.6. The molecule has 2 nitrogen and oxygen atoms in total. The molecule has 0 aromatic heterocycles. The lowest BCUT2D eigenvalue weighted by atomic mass is 9.85. The van der Waals surface area contributed by atoms with Gasteiger partial charge in [-0.2, -0.15) is 0 Å². The van der Waals surface area contributed by atoms with Gasteiger partial charge in [-0.25, -0.2) is 8.78 Å². The summed E-state index contributed by atoms with van der Waals surface area (Å²) in [6.45, 7) is 0. The zero-order valence-corrected chi connectivity index (χ0v) is 25.7. The van der Waals surface area contributed by atoms with Crippen molar-refractivity contribution >= 4 is 44.8 Å². The summed E-state index contributed by atoms with van der Waals surface area (Å²) in [4.78, 5) is 0. The van der Waals surface area contributed by atoms with E-state index in [1.807, 2.05) is 42.5 Å². The molecule has 0 amide bonds. The summed E-state index contributed by atoms with van der Waals surface area (Å²) < 4.78 is 41.6. The van der Waals surface area contributed by atoms with E-state index in [9.17, 15) is 8.78 Å². The number of ether oxygens (including phenoxy) is 2. The van der Waals surface area contributed by atoms with E-state index < -0.39 is 12.2 Å². The minimum absolute atomic E-state index is 0.294. The summed E-state index contributed by atoms with van der Waals surface area (Å²) in [6.07, 6.45) is 3.51. The summed E-state index contributed by atoms with van der Waals surface area (Å²) in [6, 6.07) is 46.2. The molecule has 2 unspecified atom stereocenters. The maximum Gasteiger partial charge on any atom is 0.149 e. The number of halogens is 2. The van der Waals surface area contributed by atoms with Crippen molar-refractivity contribution in [2.24, 2.45) is 0 Å². The van der Waals surface area contributed by atoms with Crippen LogP contribution in [0.4, 0.5) is 8.78 Å². The van der Waals surface area contributed by atoms with Gasteiger partial charge in [-0.1, -0.05) is 103 Å². The predicted molar refractivity (Wildman–Crippen MR) is 190 cm³/mol. The lowest BCUT2D eigenvalue weighted by molar-refractivity contribution is 0.261. The highest BCUT2D eigenvalue weighted by molar-refractivity contribution is 6.02. The summed E-state index contributed by atoms with van der Waals surface area (Å²) in [5.41, 5.74) is 7.62. The van der Waals surface area contributed by atoms with E-state index in [2.05, 4.69) is 66.7 Å². The van der Waals surface area contributed by atoms with E-state index in [4.69, 9.17) is 9.47 Å². The molecule has 0 bridgehead atoms. The number of benzene rings is 7. The first-order valence-electron chi connectivity index (χ1n) is 16.0. The third-order valence-corrected chi connectivity index (χ3v) is 9.39. The first kappa shape index (κ1) is 28.2.